The SMILES string of the molecule is CC[C@@H](O)[C@@H](N)c1ccc(O[Si](C)(C)C)cc1.Cl. The van der Waals surface area contributed by atoms with Crippen LogP contribution < -0.4 is 10.2 Å². The van der Waals surface area contributed by atoms with Gasteiger partial charge in [0, 0.05) is 0 Å². The molecule has 1 aromatic rings. The van der Waals surface area contributed by atoms with Crippen molar-refractivity contribution in [1.82, 2.24) is 0 Å². The summed E-state index contributed by atoms with van der Waals surface area (Å²) in [5.74, 6) is 0.881. The van der Waals surface area contributed by atoms with Gasteiger partial charge < -0.3 is 15.3 Å². The molecule has 1 aromatic carbocycles. The molecule has 0 spiro atoms. The molecule has 104 valence electrons. The van der Waals surface area contributed by atoms with Gasteiger partial charge in [0.1, 0.15) is 5.75 Å². The molecule has 0 heterocycles. The van der Waals surface area contributed by atoms with E-state index in [-0.39, 0.29) is 18.4 Å². The zero-order chi connectivity index (χ0) is 13.1. The van der Waals surface area contributed by atoms with Crippen LogP contribution in [0.4, 0.5) is 0 Å². The van der Waals surface area contributed by atoms with E-state index in [0.717, 1.165) is 11.3 Å². The van der Waals surface area contributed by atoms with Crippen LogP contribution in [0.15, 0.2) is 24.3 Å². The number of hydrogen-bond acceptors (Lipinski definition) is 3. The molecule has 0 radical (unpaired) electrons. The van der Waals surface area contributed by atoms with Crippen molar-refractivity contribution < 1.29 is 9.53 Å². The number of hydrogen-bond donors (Lipinski definition) is 2. The molecule has 3 nitrogen and oxygen atoms in total. The van der Waals surface area contributed by atoms with Crippen LogP contribution in [-0.2, 0) is 0 Å². The van der Waals surface area contributed by atoms with Crippen LogP contribution in [0.5, 0.6) is 5.75 Å². The monoisotopic (exact) mass is 289 g/mol. The Morgan fingerprint density at radius 3 is 2.11 bits per heavy atom. The third-order valence-corrected chi connectivity index (χ3v) is 3.37. The van der Waals surface area contributed by atoms with E-state index in [2.05, 4.69) is 19.6 Å². The van der Waals surface area contributed by atoms with E-state index in [1.54, 1.807) is 0 Å². The van der Waals surface area contributed by atoms with Crippen molar-refractivity contribution in [2.24, 2.45) is 5.73 Å². The van der Waals surface area contributed by atoms with Gasteiger partial charge in [-0.3, -0.25) is 0 Å². The summed E-state index contributed by atoms with van der Waals surface area (Å²) in [5, 5.41) is 9.69. The molecule has 0 amide bonds. The number of aliphatic hydroxyl groups excluding tert-OH is 1. The largest absolute Gasteiger partial charge is 0.544 e. The second-order valence-corrected chi connectivity index (χ2v) is 9.71. The number of halogens is 1. The van der Waals surface area contributed by atoms with Crippen LogP contribution in [0.3, 0.4) is 0 Å². The van der Waals surface area contributed by atoms with Crippen molar-refractivity contribution >= 4 is 20.7 Å². The maximum atomic E-state index is 9.69. The van der Waals surface area contributed by atoms with Crippen LogP contribution in [0.1, 0.15) is 24.9 Å². The number of benzene rings is 1. The van der Waals surface area contributed by atoms with Gasteiger partial charge in [0.2, 0.25) is 8.32 Å². The number of rotatable bonds is 5. The van der Waals surface area contributed by atoms with Gasteiger partial charge in [-0.2, -0.15) is 0 Å². The summed E-state index contributed by atoms with van der Waals surface area (Å²) in [6.45, 7) is 8.36. The lowest BCUT2D eigenvalue weighted by atomic mass is 10.0. The van der Waals surface area contributed by atoms with Crippen molar-refractivity contribution in [3.63, 3.8) is 0 Å². The minimum atomic E-state index is -1.55. The molecular weight excluding hydrogens is 266 g/mol. The summed E-state index contributed by atoms with van der Waals surface area (Å²) < 4.78 is 5.86. The van der Waals surface area contributed by atoms with Gasteiger partial charge >= 0.3 is 0 Å². The second-order valence-electron chi connectivity index (χ2n) is 5.28. The fourth-order valence-electron chi connectivity index (χ4n) is 1.59. The Kier molecular flexibility index (Phi) is 6.92. The smallest absolute Gasteiger partial charge is 0.242 e. The molecule has 1 rings (SSSR count). The topological polar surface area (TPSA) is 55.5 Å². The molecule has 0 bridgehead atoms. The predicted molar refractivity (Wildman–Crippen MR) is 80.9 cm³/mol. The molecule has 5 heteroatoms. The Morgan fingerprint density at radius 2 is 1.72 bits per heavy atom. The molecule has 0 aliphatic rings. The van der Waals surface area contributed by atoms with E-state index >= 15 is 0 Å². The normalized spacial score (nSPS) is 14.6. The van der Waals surface area contributed by atoms with Crippen LogP contribution in [0.25, 0.3) is 0 Å². The van der Waals surface area contributed by atoms with E-state index in [0.29, 0.717) is 6.42 Å². The van der Waals surface area contributed by atoms with Crippen molar-refractivity contribution in [3.8, 4) is 5.75 Å². The van der Waals surface area contributed by atoms with Crippen molar-refractivity contribution in [1.29, 1.82) is 0 Å². The third kappa shape index (κ3) is 5.39. The highest BCUT2D eigenvalue weighted by atomic mass is 35.5. The van der Waals surface area contributed by atoms with Crippen LogP contribution >= 0.6 is 12.4 Å². The lowest BCUT2D eigenvalue weighted by Crippen LogP contribution is -2.29. The van der Waals surface area contributed by atoms with E-state index in [1.807, 2.05) is 31.2 Å². The summed E-state index contributed by atoms with van der Waals surface area (Å²) in [6.07, 6.45) is 0.174. The Labute approximate surface area is 117 Å². The lowest BCUT2D eigenvalue weighted by Gasteiger charge is -2.21. The minimum Gasteiger partial charge on any atom is -0.544 e. The molecule has 0 saturated carbocycles. The molecule has 0 aliphatic heterocycles. The van der Waals surface area contributed by atoms with E-state index in [4.69, 9.17) is 10.2 Å². The average molecular weight is 290 g/mol. The molecule has 0 fully saturated rings. The maximum absolute atomic E-state index is 9.69. The Morgan fingerprint density at radius 1 is 1.22 bits per heavy atom. The summed E-state index contributed by atoms with van der Waals surface area (Å²) >= 11 is 0. The molecule has 2 atom stereocenters. The molecule has 0 aliphatic carbocycles. The minimum absolute atomic E-state index is 0. The predicted octanol–water partition coefficient (Wildman–Crippen LogP) is 3.09. The molecule has 18 heavy (non-hydrogen) atoms. The lowest BCUT2D eigenvalue weighted by molar-refractivity contribution is 0.140. The fraction of sp³-hybridized carbons (Fsp3) is 0.538. The zero-order valence-electron chi connectivity index (χ0n) is 11.5. The van der Waals surface area contributed by atoms with Gasteiger partial charge in [-0.25, -0.2) is 0 Å². The third-order valence-electron chi connectivity index (χ3n) is 2.52. The standard InChI is InChI=1S/C13H23NO2Si.ClH/c1-5-12(15)13(14)10-6-8-11(9-7-10)16-17(2,3)4;/h6-9,12-13,15H,5,14H2,1-4H3;1H/t12-,13+;/m1./s1. The van der Waals surface area contributed by atoms with E-state index < -0.39 is 14.4 Å². The van der Waals surface area contributed by atoms with Gasteiger partial charge in [-0.05, 0) is 43.8 Å². The fourth-order valence-corrected chi connectivity index (χ4v) is 2.43. The van der Waals surface area contributed by atoms with Gasteiger partial charge in [-0.1, -0.05) is 19.1 Å². The highest BCUT2D eigenvalue weighted by Gasteiger charge is 2.17. The average Bonchev–Trinajstić information content (AvgIpc) is 2.26. The van der Waals surface area contributed by atoms with Crippen molar-refractivity contribution in [2.75, 3.05) is 0 Å². The molecule has 0 aromatic heterocycles. The van der Waals surface area contributed by atoms with Gasteiger partial charge in [0.05, 0.1) is 12.1 Å². The molecule has 3 N–H and O–H groups in total. The van der Waals surface area contributed by atoms with Gasteiger partial charge in [0.25, 0.3) is 0 Å². The molecule has 0 saturated heterocycles. The Hall–Kier alpha value is -0.553. The summed E-state index contributed by atoms with van der Waals surface area (Å²) in [5.41, 5.74) is 6.89. The number of aliphatic hydroxyl groups is 1. The number of nitrogens with two attached hydrogens (primary N) is 1. The second kappa shape index (κ2) is 7.14. The summed E-state index contributed by atoms with van der Waals surface area (Å²) in [6, 6.07) is 7.39. The first-order chi connectivity index (χ1) is 7.83. The Balaban J connectivity index is 0.00000289. The van der Waals surface area contributed by atoms with Gasteiger partial charge in [-0.15, -0.1) is 12.4 Å². The Bertz CT molecular complexity index is 351. The first-order valence-corrected chi connectivity index (χ1v) is 9.47. The van der Waals surface area contributed by atoms with E-state index in [1.165, 1.54) is 0 Å². The maximum Gasteiger partial charge on any atom is 0.242 e. The highest BCUT2D eigenvalue weighted by molar-refractivity contribution is 6.70. The zero-order valence-corrected chi connectivity index (χ0v) is 13.3. The molecular formula is C13H24ClNO2Si. The van der Waals surface area contributed by atoms with E-state index in [9.17, 15) is 5.11 Å². The summed E-state index contributed by atoms with van der Waals surface area (Å²) in [4.78, 5) is 0. The van der Waals surface area contributed by atoms with Crippen LogP contribution in [0, 0.1) is 0 Å². The van der Waals surface area contributed by atoms with Gasteiger partial charge in [0.15, 0.2) is 0 Å². The van der Waals surface area contributed by atoms with Crippen molar-refractivity contribution in [3.05, 3.63) is 29.8 Å². The van der Waals surface area contributed by atoms with Crippen LogP contribution in [0.2, 0.25) is 19.6 Å². The summed E-state index contributed by atoms with van der Waals surface area (Å²) in [7, 11) is -1.55. The van der Waals surface area contributed by atoms with Crippen molar-refractivity contribution in [2.45, 2.75) is 45.1 Å². The quantitative estimate of drug-likeness (QED) is 0.819. The molecule has 0 unspecified atom stereocenters. The highest BCUT2D eigenvalue weighted by Crippen LogP contribution is 2.21. The first kappa shape index (κ1) is 17.4. The van der Waals surface area contributed by atoms with Crippen LogP contribution in [-0.4, -0.2) is 19.5 Å². The first-order valence-electron chi connectivity index (χ1n) is 6.06.